The number of carbonyl (C=O) groups is 1. The molecule has 0 radical (unpaired) electrons. The minimum Gasteiger partial charge on any atom is -0.354 e. The molecule has 0 saturated carbocycles. The van der Waals surface area contributed by atoms with E-state index < -0.39 is 0 Å². The Morgan fingerprint density at radius 1 is 0.902 bits per heavy atom. The average Bonchev–Trinajstić information content (AvgIpc) is 3.38. The van der Waals surface area contributed by atoms with Crippen molar-refractivity contribution in [1.82, 2.24) is 14.8 Å². The summed E-state index contributed by atoms with van der Waals surface area (Å²) in [5.74, 6) is 0.905. The summed E-state index contributed by atoms with van der Waals surface area (Å²) >= 11 is 12.1. The lowest BCUT2D eigenvalue weighted by atomic mass is 9.85. The number of aromatic nitrogens is 1. The third-order valence-corrected chi connectivity index (χ3v) is 9.42. The number of H-pyrrole nitrogens is 1. The van der Waals surface area contributed by atoms with Gasteiger partial charge in [-0.15, -0.1) is 0 Å². The summed E-state index contributed by atoms with van der Waals surface area (Å²) < 4.78 is 13.6. The van der Waals surface area contributed by atoms with Gasteiger partial charge in [0.2, 0.25) is 5.91 Å². The molecule has 0 atom stereocenters. The number of para-hydroxylation sites is 1. The molecule has 2 fully saturated rings. The fourth-order valence-electron chi connectivity index (χ4n) is 6.43. The summed E-state index contributed by atoms with van der Waals surface area (Å²) in [5.41, 5.74) is 5.52. The van der Waals surface area contributed by atoms with Gasteiger partial charge in [-0.05, 0) is 116 Å². The molecule has 2 aliphatic rings. The van der Waals surface area contributed by atoms with Crippen LogP contribution in [0.1, 0.15) is 42.7 Å². The number of halogens is 3. The molecule has 0 bridgehead atoms. The number of benzene rings is 3. The highest BCUT2D eigenvalue weighted by Crippen LogP contribution is 2.40. The van der Waals surface area contributed by atoms with Crippen LogP contribution in [0.25, 0.3) is 28.2 Å². The number of piperidine rings is 2. The second-order valence-corrected chi connectivity index (χ2v) is 12.1. The molecule has 1 N–H and O–H groups in total. The van der Waals surface area contributed by atoms with Gasteiger partial charge in [0.25, 0.3) is 0 Å². The Kier molecular flexibility index (Phi) is 8.47. The minimum absolute atomic E-state index is 0.0472. The van der Waals surface area contributed by atoms with Crippen LogP contribution in [0.15, 0.2) is 72.8 Å². The maximum absolute atomic E-state index is 13.6. The molecule has 41 heavy (non-hydrogen) atoms. The molecule has 3 aromatic carbocycles. The third-order valence-electron chi connectivity index (χ3n) is 8.68. The molecular weight excluding hydrogens is 556 g/mol. The zero-order valence-corrected chi connectivity index (χ0v) is 24.5. The average molecular weight is 591 g/mol. The Labute approximate surface area is 250 Å². The number of aromatic amines is 1. The standard InChI is InChI=1S/C34H34Cl2FN3O/c35-29-11-5-23(21-30(29)36)6-12-32(41)40-19-13-24(14-20-40)22-39-17-15-25(16-18-39)33-28-3-1-2-4-31(28)38-34(33)26-7-9-27(37)10-8-26/h1-12,21,24-25,38H,13-20,22H2/b12-6+. The van der Waals surface area contributed by atoms with Crippen molar-refractivity contribution in [1.29, 1.82) is 0 Å². The number of fused-ring (bicyclic) bond motifs is 1. The predicted molar refractivity (Wildman–Crippen MR) is 167 cm³/mol. The highest BCUT2D eigenvalue weighted by atomic mass is 35.5. The Morgan fingerprint density at radius 3 is 2.37 bits per heavy atom. The van der Waals surface area contributed by atoms with Crippen LogP contribution in [-0.2, 0) is 4.79 Å². The van der Waals surface area contributed by atoms with Crippen molar-refractivity contribution in [3.63, 3.8) is 0 Å². The normalized spacial score (nSPS) is 17.6. The summed E-state index contributed by atoms with van der Waals surface area (Å²) in [6, 6.07) is 20.7. The molecule has 0 unspecified atom stereocenters. The molecule has 1 amide bonds. The van der Waals surface area contributed by atoms with Crippen LogP contribution < -0.4 is 0 Å². The fraction of sp³-hybridized carbons (Fsp3) is 0.324. The van der Waals surface area contributed by atoms with E-state index >= 15 is 0 Å². The summed E-state index contributed by atoms with van der Waals surface area (Å²) in [4.78, 5) is 20.9. The Balaban J connectivity index is 1.03. The van der Waals surface area contributed by atoms with E-state index in [0.717, 1.165) is 80.7 Å². The van der Waals surface area contributed by atoms with Crippen molar-refractivity contribution in [3.8, 4) is 11.3 Å². The summed E-state index contributed by atoms with van der Waals surface area (Å²) in [7, 11) is 0. The molecular formula is C34H34Cl2FN3O. The number of carbonyl (C=O) groups excluding carboxylic acids is 1. The van der Waals surface area contributed by atoms with Gasteiger partial charge < -0.3 is 14.8 Å². The van der Waals surface area contributed by atoms with Crippen LogP contribution in [0.2, 0.25) is 10.0 Å². The lowest BCUT2D eigenvalue weighted by Gasteiger charge is -2.37. The molecule has 4 aromatic rings. The van der Waals surface area contributed by atoms with E-state index in [9.17, 15) is 9.18 Å². The van der Waals surface area contributed by atoms with E-state index in [1.807, 2.05) is 23.1 Å². The van der Waals surface area contributed by atoms with E-state index in [0.29, 0.717) is 21.9 Å². The van der Waals surface area contributed by atoms with Gasteiger partial charge in [-0.1, -0.05) is 47.5 Å². The molecule has 6 rings (SSSR count). The molecule has 7 heteroatoms. The lowest BCUT2D eigenvalue weighted by Crippen LogP contribution is -2.42. The predicted octanol–water partition coefficient (Wildman–Crippen LogP) is 8.41. The summed E-state index contributed by atoms with van der Waals surface area (Å²) in [5, 5.41) is 2.27. The number of hydrogen-bond donors (Lipinski definition) is 1. The molecule has 2 saturated heterocycles. The van der Waals surface area contributed by atoms with Gasteiger partial charge in [-0.2, -0.15) is 0 Å². The second-order valence-electron chi connectivity index (χ2n) is 11.3. The maximum Gasteiger partial charge on any atom is 0.246 e. The highest BCUT2D eigenvalue weighted by Gasteiger charge is 2.29. The molecule has 4 nitrogen and oxygen atoms in total. The fourth-order valence-corrected chi connectivity index (χ4v) is 6.73. The monoisotopic (exact) mass is 589 g/mol. The van der Waals surface area contributed by atoms with Gasteiger partial charge in [-0.25, -0.2) is 4.39 Å². The molecule has 0 spiro atoms. The Morgan fingerprint density at radius 2 is 1.63 bits per heavy atom. The van der Waals surface area contributed by atoms with Crippen molar-refractivity contribution in [3.05, 3.63) is 99.8 Å². The second kappa shape index (κ2) is 12.4. The van der Waals surface area contributed by atoms with Gasteiger partial charge in [0, 0.05) is 42.3 Å². The van der Waals surface area contributed by atoms with Gasteiger partial charge >= 0.3 is 0 Å². The first-order chi connectivity index (χ1) is 19.9. The van der Waals surface area contributed by atoms with Gasteiger partial charge in [-0.3, -0.25) is 4.79 Å². The van der Waals surface area contributed by atoms with Crippen LogP contribution in [-0.4, -0.2) is 53.4 Å². The maximum atomic E-state index is 13.6. The number of rotatable bonds is 6. The van der Waals surface area contributed by atoms with E-state index in [-0.39, 0.29) is 11.7 Å². The largest absolute Gasteiger partial charge is 0.354 e. The molecule has 3 heterocycles. The van der Waals surface area contributed by atoms with E-state index in [2.05, 4.69) is 34.1 Å². The first kappa shape index (κ1) is 28.0. The number of likely N-dealkylation sites (tertiary alicyclic amines) is 2. The van der Waals surface area contributed by atoms with Crippen LogP contribution >= 0.6 is 23.2 Å². The zero-order chi connectivity index (χ0) is 28.3. The topological polar surface area (TPSA) is 39.3 Å². The first-order valence-corrected chi connectivity index (χ1v) is 15.2. The molecule has 212 valence electrons. The van der Waals surface area contributed by atoms with E-state index in [1.165, 1.54) is 23.1 Å². The molecule has 0 aliphatic carbocycles. The van der Waals surface area contributed by atoms with Crippen molar-refractivity contribution < 1.29 is 9.18 Å². The van der Waals surface area contributed by atoms with Crippen molar-refractivity contribution in [2.45, 2.75) is 31.6 Å². The quantitative estimate of drug-likeness (QED) is 0.229. The van der Waals surface area contributed by atoms with Crippen LogP contribution in [0.5, 0.6) is 0 Å². The van der Waals surface area contributed by atoms with Gasteiger partial charge in [0.1, 0.15) is 5.82 Å². The van der Waals surface area contributed by atoms with Crippen LogP contribution in [0.4, 0.5) is 4.39 Å². The molecule has 2 aliphatic heterocycles. The smallest absolute Gasteiger partial charge is 0.246 e. The van der Waals surface area contributed by atoms with E-state index in [1.54, 1.807) is 24.3 Å². The Hall–Kier alpha value is -3.12. The zero-order valence-electron chi connectivity index (χ0n) is 23.0. The van der Waals surface area contributed by atoms with Crippen molar-refractivity contribution >= 4 is 46.1 Å². The third kappa shape index (κ3) is 6.38. The highest BCUT2D eigenvalue weighted by molar-refractivity contribution is 6.42. The van der Waals surface area contributed by atoms with Crippen LogP contribution in [0.3, 0.4) is 0 Å². The molecule has 1 aromatic heterocycles. The lowest BCUT2D eigenvalue weighted by molar-refractivity contribution is -0.127. The number of nitrogens with one attached hydrogen (secondary N) is 1. The van der Waals surface area contributed by atoms with Gasteiger partial charge in [0.15, 0.2) is 0 Å². The Bertz CT molecular complexity index is 1550. The van der Waals surface area contributed by atoms with E-state index in [4.69, 9.17) is 23.2 Å². The summed E-state index contributed by atoms with van der Waals surface area (Å²) in [6.45, 7) is 4.81. The minimum atomic E-state index is -0.213. The number of amides is 1. The SMILES string of the molecule is O=C(/C=C/c1ccc(Cl)c(Cl)c1)N1CCC(CN2CCC(c3c(-c4ccc(F)cc4)[nH]c4ccccc34)CC2)CC1. The van der Waals surface area contributed by atoms with Crippen molar-refractivity contribution in [2.24, 2.45) is 5.92 Å². The number of hydrogen-bond acceptors (Lipinski definition) is 2. The van der Waals surface area contributed by atoms with Gasteiger partial charge in [0.05, 0.1) is 10.0 Å². The number of nitrogens with zero attached hydrogens (tertiary/aromatic N) is 2. The van der Waals surface area contributed by atoms with Crippen LogP contribution in [0, 0.1) is 11.7 Å². The van der Waals surface area contributed by atoms with Crippen molar-refractivity contribution in [2.75, 3.05) is 32.7 Å². The summed E-state index contributed by atoms with van der Waals surface area (Å²) in [6.07, 6.45) is 7.71. The first-order valence-electron chi connectivity index (χ1n) is 14.5.